The van der Waals surface area contributed by atoms with Gasteiger partial charge < -0.3 is 5.32 Å². The van der Waals surface area contributed by atoms with Gasteiger partial charge >= 0.3 is 0 Å². The first-order chi connectivity index (χ1) is 8.06. The van der Waals surface area contributed by atoms with E-state index in [0.29, 0.717) is 22.4 Å². The van der Waals surface area contributed by atoms with E-state index in [9.17, 15) is 4.79 Å². The number of rotatable bonds is 4. The Morgan fingerprint density at radius 3 is 2.71 bits per heavy atom. The second-order valence-corrected chi connectivity index (χ2v) is 5.43. The Morgan fingerprint density at radius 2 is 2.12 bits per heavy atom. The van der Waals surface area contributed by atoms with Crippen LogP contribution in [0, 0.1) is 5.92 Å². The molecule has 0 radical (unpaired) electrons. The maximum absolute atomic E-state index is 11.8. The number of amides is 1. The van der Waals surface area contributed by atoms with E-state index in [4.69, 9.17) is 23.2 Å². The third-order valence-electron chi connectivity index (χ3n) is 3.07. The van der Waals surface area contributed by atoms with Crippen molar-refractivity contribution in [3.8, 4) is 0 Å². The number of carbonyl (C=O) groups is 1. The van der Waals surface area contributed by atoms with Crippen molar-refractivity contribution in [2.24, 2.45) is 5.92 Å². The predicted octanol–water partition coefficient (Wildman–Crippen LogP) is 3.45. The standard InChI is InChI=1S/C13H15Cl2NO/c1-8(10-3-4-10)16-13(17)7-9-2-5-11(14)12(15)6-9/h2,5-6,8,10H,3-4,7H2,1H3,(H,16,17). The Balaban J connectivity index is 1.90. The van der Waals surface area contributed by atoms with Crippen molar-refractivity contribution < 1.29 is 4.79 Å². The quantitative estimate of drug-likeness (QED) is 0.893. The Labute approximate surface area is 111 Å². The van der Waals surface area contributed by atoms with E-state index in [1.807, 2.05) is 6.07 Å². The summed E-state index contributed by atoms with van der Waals surface area (Å²) in [6, 6.07) is 5.57. The van der Waals surface area contributed by atoms with Gasteiger partial charge in [-0.15, -0.1) is 0 Å². The second-order valence-electron chi connectivity index (χ2n) is 4.62. The number of benzene rings is 1. The molecule has 0 spiro atoms. The molecule has 0 saturated heterocycles. The molecule has 0 heterocycles. The van der Waals surface area contributed by atoms with Crippen molar-refractivity contribution in [2.75, 3.05) is 0 Å². The molecule has 1 aliphatic carbocycles. The minimum atomic E-state index is 0.0442. The van der Waals surface area contributed by atoms with Crippen LogP contribution >= 0.6 is 23.2 Å². The summed E-state index contributed by atoms with van der Waals surface area (Å²) in [7, 11) is 0. The summed E-state index contributed by atoms with van der Waals surface area (Å²) in [6.07, 6.45) is 2.82. The Kier molecular flexibility index (Phi) is 3.95. The summed E-state index contributed by atoms with van der Waals surface area (Å²) in [6.45, 7) is 2.06. The Morgan fingerprint density at radius 1 is 1.41 bits per heavy atom. The van der Waals surface area contributed by atoms with E-state index in [-0.39, 0.29) is 11.9 Å². The van der Waals surface area contributed by atoms with Crippen LogP contribution in [0.4, 0.5) is 0 Å². The first-order valence-electron chi connectivity index (χ1n) is 5.79. The zero-order valence-electron chi connectivity index (χ0n) is 9.67. The van der Waals surface area contributed by atoms with Crippen LogP contribution in [0.1, 0.15) is 25.3 Å². The van der Waals surface area contributed by atoms with E-state index in [1.54, 1.807) is 12.1 Å². The number of hydrogen-bond donors (Lipinski definition) is 1. The van der Waals surface area contributed by atoms with Gasteiger partial charge in [0.1, 0.15) is 0 Å². The molecule has 1 amide bonds. The Hall–Kier alpha value is -0.730. The van der Waals surface area contributed by atoms with E-state index >= 15 is 0 Å². The van der Waals surface area contributed by atoms with Crippen molar-refractivity contribution in [2.45, 2.75) is 32.2 Å². The highest BCUT2D eigenvalue weighted by atomic mass is 35.5. The summed E-state index contributed by atoms with van der Waals surface area (Å²) in [4.78, 5) is 11.8. The minimum Gasteiger partial charge on any atom is -0.353 e. The lowest BCUT2D eigenvalue weighted by molar-refractivity contribution is -0.121. The maximum Gasteiger partial charge on any atom is 0.224 e. The van der Waals surface area contributed by atoms with Gasteiger partial charge in [-0.2, -0.15) is 0 Å². The summed E-state index contributed by atoms with van der Waals surface area (Å²) in [5, 5.41) is 4.02. The lowest BCUT2D eigenvalue weighted by atomic mass is 10.1. The SMILES string of the molecule is CC(NC(=O)Cc1ccc(Cl)c(Cl)c1)C1CC1. The fourth-order valence-electron chi connectivity index (χ4n) is 1.85. The number of carbonyl (C=O) groups excluding carboxylic acids is 1. The summed E-state index contributed by atoms with van der Waals surface area (Å²) < 4.78 is 0. The smallest absolute Gasteiger partial charge is 0.224 e. The first-order valence-corrected chi connectivity index (χ1v) is 6.55. The molecule has 1 fully saturated rings. The predicted molar refractivity (Wildman–Crippen MR) is 70.5 cm³/mol. The highest BCUT2D eigenvalue weighted by Gasteiger charge is 2.28. The molecule has 4 heteroatoms. The molecular formula is C13H15Cl2NO. The molecule has 0 bridgehead atoms. The molecule has 0 aliphatic heterocycles. The van der Waals surface area contributed by atoms with Crippen molar-refractivity contribution in [3.63, 3.8) is 0 Å². The van der Waals surface area contributed by atoms with Crippen molar-refractivity contribution in [1.82, 2.24) is 5.32 Å². The molecule has 1 aliphatic rings. The molecule has 92 valence electrons. The van der Waals surface area contributed by atoms with Crippen LogP contribution in [0.15, 0.2) is 18.2 Å². The van der Waals surface area contributed by atoms with Crippen LogP contribution in [-0.2, 0) is 11.2 Å². The summed E-state index contributed by atoms with van der Waals surface area (Å²) in [5.41, 5.74) is 0.889. The Bertz CT molecular complexity index is 429. The van der Waals surface area contributed by atoms with Gasteiger partial charge in [-0.25, -0.2) is 0 Å². The van der Waals surface area contributed by atoms with E-state index in [2.05, 4.69) is 12.2 Å². The average Bonchev–Trinajstić information content (AvgIpc) is 3.06. The number of nitrogens with one attached hydrogen (secondary N) is 1. The van der Waals surface area contributed by atoms with E-state index < -0.39 is 0 Å². The van der Waals surface area contributed by atoms with Gasteiger partial charge in [0, 0.05) is 6.04 Å². The zero-order valence-corrected chi connectivity index (χ0v) is 11.2. The maximum atomic E-state index is 11.8. The lowest BCUT2D eigenvalue weighted by Gasteiger charge is -2.12. The molecule has 1 N–H and O–H groups in total. The van der Waals surface area contributed by atoms with Gasteiger partial charge in [-0.05, 0) is 43.4 Å². The van der Waals surface area contributed by atoms with Crippen molar-refractivity contribution in [1.29, 1.82) is 0 Å². The fourth-order valence-corrected chi connectivity index (χ4v) is 2.17. The molecular weight excluding hydrogens is 257 g/mol. The molecule has 1 saturated carbocycles. The van der Waals surface area contributed by atoms with E-state index in [1.165, 1.54) is 12.8 Å². The molecule has 1 atom stereocenters. The van der Waals surface area contributed by atoms with Crippen LogP contribution < -0.4 is 5.32 Å². The van der Waals surface area contributed by atoms with Crippen LogP contribution in [0.25, 0.3) is 0 Å². The number of hydrogen-bond acceptors (Lipinski definition) is 1. The highest BCUT2D eigenvalue weighted by Crippen LogP contribution is 2.32. The van der Waals surface area contributed by atoms with E-state index in [0.717, 1.165) is 5.56 Å². The van der Waals surface area contributed by atoms with Crippen LogP contribution in [-0.4, -0.2) is 11.9 Å². The molecule has 1 aromatic rings. The molecule has 17 heavy (non-hydrogen) atoms. The molecule has 1 unspecified atom stereocenters. The highest BCUT2D eigenvalue weighted by molar-refractivity contribution is 6.42. The van der Waals surface area contributed by atoms with Gasteiger partial charge in [0.05, 0.1) is 16.5 Å². The van der Waals surface area contributed by atoms with Crippen LogP contribution in [0.3, 0.4) is 0 Å². The van der Waals surface area contributed by atoms with Gasteiger partial charge in [-0.3, -0.25) is 4.79 Å². The van der Waals surface area contributed by atoms with Gasteiger partial charge in [0.25, 0.3) is 0 Å². The van der Waals surface area contributed by atoms with Crippen LogP contribution in [0.2, 0.25) is 10.0 Å². The molecule has 2 nitrogen and oxygen atoms in total. The molecule has 2 rings (SSSR count). The van der Waals surface area contributed by atoms with Crippen molar-refractivity contribution >= 4 is 29.1 Å². The number of halogens is 2. The van der Waals surface area contributed by atoms with Gasteiger partial charge in [-0.1, -0.05) is 29.3 Å². The normalized spacial score (nSPS) is 16.6. The largest absolute Gasteiger partial charge is 0.353 e. The topological polar surface area (TPSA) is 29.1 Å². The van der Waals surface area contributed by atoms with Gasteiger partial charge in [0.15, 0.2) is 0 Å². The average molecular weight is 272 g/mol. The summed E-state index contributed by atoms with van der Waals surface area (Å²) >= 11 is 11.7. The molecule has 0 aromatic heterocycles. The third kappa shape index (κ3) is 3.62. The summed E-state index contributed by atoms with van der Waals surface area (Å²) in [5.74, 6) is 0.718. The first kappa shape index (κ1) is 12.7. The second kappa shape index (κ2) is 5.28. The van der Waals surface area contributed by atoms with Gasteiger partial charge in [0.2, 0.25) is 5.91 Å². The fraction of sp³-hybridized carbons (Fsp3) is 0.462. The van der Waals surface area contributed by atoms with Crippen LogP contribution in [0.5, 0.6) is 0 Å². The lowest BCUT2D eigenvalue weighted by Crippen LogP contribution is -2.35. The minimum absolute atomic E-state index is 0.0442. The third-order valence-corrected chi connectivity index (χ3v) is 3.81. The monoisotopic (exact) mass is 271 g/mol. The van der Waals surface area contributed by atoms with Crippen molar-refractivity contribution in [3.05, 3.63) is 33.8 Å². The zero-order chi connectivity index (χ0) is 12.4. The molecule has 1 aromatic carbocycles.